The molecule has 2 aromatic carbocycles. The molecule has 0 spiro atoms. The van der Waals surface area contributed by atoms with Crippen LogP contribution < -0.4 is 5.43 Å². The van der Waals surface area contributed by atoms with Gasteiger partial charge in [0.05, 0.1) is 10.9 Å². The molecule has 1 heterocycles. The summed E-state index contributed by atoms with van der Waals surface area (Å²) in [4.78, 5) is 23.0. The molecule has 0 fully saturated rings. The molecule has 23 heavy (non-hydrogen) atoms. The van der Waals surface area contributed by atoms with Crippen molar-refractivity contribution in [3.8, 4) is 0 Å². The van der Waals surface area contributed by atoms with Gasteiger partial charge in [-0.15, -0.1) is 0 Å². The van der Waals surface area contributed by atoms with Crippen LogP contribution >= 0.6 is 0 Å². The molecular formula is C18H11FO4. The highest BCUT2D eigenvalue weighted by atomic mass is 19.1. The van der Waals surface area contributed by atoms with E-state index in [4.69, 9.17) is 9.52 Å². The van der Waals surface area contributed by atoms with Crippen LogP contribution in [-0.2, 0) is 0 Å². The van der Waals surface area contributed by atoms with Gasteiger partial charge in [0, 0.05) is 6.07 Å². The first-order valence-electron chi connectivity index (χ1n) is 6.78. The lowest BCUT2D eigenvalue weighted by Crippen LogP contribution is -2.03. The maximum absolute atomic E-state index is 12.8. The first-order chi connectivity index (χ1) is 11.0. The van der Waals surface area contributed by atoms with E-state index in [0.717, 1.165) is 5.56 Å². The molecule has 1 N–H and O–H groups in total. The first-order valence-corrected chi connectivity index (χ1v) is 6.78. The van der Waals surface area contributed by atoms with E-state index in [1.54, 1.807) is 24.3 Å². The molecule has 0 aliphatic heterocycles. The fourth-order valence-electron chi connectivity index (χ4n) is 2.14. The van der Waals surface area contributed by atoms with Crippen molar-refractivity contribution in [1.82, 2.24) is 0 Å². The molecule has 0 amide bonds. The topological polar surface area (TPSA) is 67.5 Å². The van der Waals surface area contributed by atoms with Gasteiger partial charge < -0.3 is 9.52 Å². The number of fused-ring (bicyclic) bond motifs is 1. The quantitative estimate of drug-likeness (QED) is 0.799. The smallest absolute Gasteiger partial charge is 0.335 e. The van der Waals surface area contributed by atoms with E-state index in [-0.39, 0.29) is 22.2 Å². The number of carbonyl (C=O) groups is 1. The Balaban J connectivity index is 1.99. The summed E-state index contributed by atoms with van der Waals surface area (Å²) in [5.41, 5.74) is 0.768. The molecule has 0 saturated carbocycles. The standard InChI is InChI=1S/C18H11FO4/c19-13-5-1-11(2-6-13)3-7-14-10-16(20)15-9-12(18(21)22)4-8-17(15)23-14/h1-10H,(H,21,22)/b7-3+. The maximum atomic E-state index is 12.8. The second kappa shape index (κ2) is 5.88. The summed E-state index contributed by atoms with van der Waals surface area (Å²) in [6, 6.07) is 11.3. The van der Waals surface area contributed by atoms with E-state index in [1.807, 2.05) is 0 Å². The second-order valence-electron chi connectivity index (χ2n) is 4.91. The Morgan fingerprint density at radius 2 is 1.78 bits per heavy atom. The summed E-state index contributed by atoms with van der Waals surface area (Å²) in [7, 11) is 0. The summed E-state index contributed by atoms with van der Waals surface area (Å²) in [5, 5.41) is 9.16. The highest BCUT2D eigenvalue weighted by Gasteiger charge is 2.08. The fraction of sp³-hybridized carbons (Fsp3) is 0. The van der Waals surface area contributed by atoms with Crippen LogP contribution in [0.4, 0.5) is 4.39 Å². The Morgan fingerprint density at radius 1 is 1.04 bits per heavy atom. The molecule has 0 atom stereocenters. The average molecular weight is 310 g/mol. The van der Waals surface area contributed by atoms with E-state index in [1.165, 1.54) is 36.4 Å². The number of carboxylic acids is 1. The van der Waals surface area contributed by atoms with Crippen molar-refractivity contribution >= 4 is 29.1 Å². The molecule has 4 nitrogen and oxygen atoms in total. The van der Waals surface area contributed by atoms with Crippen LogP contribution in [0.2, 0.25) is 0 Å². The molecule has 114 valence electrons. The summed E-state index contributed by atoms with van der Waals surface area (Å²) < 4.78 is 18.4. The van der Waals surface area contributed by atoms with Gasteiger partial charge in [-0.25, -0.2) is 9.18 Å². The van der Waals surface area contributed by atoms with Crippen LogP contribution in [0, 0.1) is 5.82 Å². The molecule has 5 heteroatoms. The van der Waals surface area contributed by atoms with E-state index >= 15 is 0 Å². The monoisotopic (exact) mass is 310 g/mol. The molecule has 0 radical (unpaired) electrons. The van der Waals surface area contributed by atoms with Crippen LogP contribution in [0.5, 0.6) is 0 Å². The highest BCUT2D eigenvalue weighted by Crippen LogP contribution is 2.16. The van der Waals surface area contributed by atoms with Crippen molar-refractivity contribution in [3.05, 3.63) is 81.5 Å². The minimum absolute atomic E-state index is 0.0272. The number of rotatable bonds is 3. The SMILES string of the molecule is O=C(O)c1ccc2oc(/C=C/c3ccc(F)cc3)cc(=O)c2c1. The van der Waals surface area contributed by atoms with Crippen molar-refractivity contribution in [2.45, 2.75) is 0 Å². The zero-order chi connectivity index (χ0) is 16.4. The lowest BCUT2D eigenvalue weighted by Gasteiger charge is -2.01. The van der Waals surface area contributed by atoms with E-state index in [2.05, 4.69) is 0 Å². The van der Waals surface area contributed by atoms with Gasteiger partial charge in [-0.3, -0.25) is 4.79 Å². The van der Waals surface area contributed by atoms with Crippen molar-refractivity contribution in [2.75, 3.05) is 0 Å². The number of benzene rings is 2. The number of halogens is 1. The molecule has 0 saturated heterocycles. The van der Waals surface area contributed by atoms with Crippen LogP contribution in [0.3, 0.4) is 0 Å². The molecule has 1 aromatic heterocycles. The Morgan fingerprint density at radius 3 is 2.48 bits per heavy atom. The van der Waals surface area contributed by atoms with Crippen molar-refractivity contribution in [1.29, 1.82) is 0 Å². The number of hydrogen-bond acceptors (Lipinski definition) is 3. The number of aromatic carboxylic acids is 1. The van der Waals surface area contributed by atoms with Gasteiger partial charge in [-0.2, -0.15) is 0 Å². The predicted octanol–water partition coefficient (Wildman–Crippen LogP) is 3.80. The van der Waals surface area contributed by atoms with Crippen molar-refractivity contribution in [3.63, 3.8) is 0 Å². The van der Waals surface area contributed by atoms with E-state index in [0.29, 0.717) is 11.3 Å². The van der Waals surface area contributed by atoms with Gasteiger partial charge in [-0.1, -0.05) is 18.2 Å². The largest absolute Gasteiger partial charge is 0.478 e. The molecule has 0 unspecified atom stereocenters. The normalized spacial score (nSPS) is 11.2. The van der Waals surface area contributed by atoms with Gasteiger partial charge in [0.2, 0.25) is 0 Å². The maximum Gasteiger partial charge on any atom is 0.335 e. The summed E-state index contributed by atoms with van der Waals surface area (Å²) in [5.74, 6) is -1.10. The molecule has 0 aliphatic carbocycles. The molecule has 3 rings (SSSR count). The Labute approximate surface area is 130 Å². The minimum Gasteiger partial charge on any atom is -0.478 e. The third-order valence-electron chi connectivity index (χ3n) is 3.30. The lowest BCUT2D eigenvalue weighted by atomic mass is 10.1. The molecule has 3 aromatic rings. The Hall–Kier alpha value is -3.21. The lowest BCUT2D eigenvalue weighted by molar-refractivity contribution is 0.0697. The third-order valence-corrected chi connectivity index (χ3v) is 3.30. The van der Waals surface area contributed by atoms with Crippen LogP contribution in [0.25, 0.3) is 23.1 Å². The molecular weight excluding hydrogens is 299 g/mol. The Kier molecular flexibility index (Phi) is 3.76. The summed E-state index contributed by atoms with van der Waals surface area (Å²) in [6.07, 6.45) is 3.29. The highest BCUT2D eigenvalue weighted by molar-refractivity contribution is 5.92. The zero-order valence-corrected chi connectivity index (χ0v) is 11.8. The van der Waals surface area contributed by atoms with Crippen molar-refractivity contribution < 1.29 is 18.7 Å². The third kappa shape index (κ3) is 3.18. The van der Waals surface area contributed by atoms with Gasteiger partial charge in [-0.05, 0) is 42.0 Å². The molecule has 0 bridgehead atoms. The van der Waals surface area contributed by atoms with Crippen LogP contribution in [0.1, 0.15) is 21.7 Å². The molecule has 0 aliphatic rings. The summed E-state index contributed by atoms with van der Waals surface area (Å²) in [6.45, 7) is 0. The van der Waals surface area contributed by atoms with Gasteiger partial charge in [0.1, 0.15) is 17.2 Å². The number of hydrogen-bond donors (Lipinski definition) is 1. The van der Waals surface area contributed by atoms with Gasteiger partial charge in [0.15, 0.2) is 5.43 Å². The number of carboxylic acid groups (broad SMARTS) is 1. The van der Waals surface area contributed by atoms with Gasteiger partial charge in [0.25, 0.3) is 0 Å². The zero-order valence-electron chi connectivity index (χ0n) is 11.8. The minimum atomic E-state index is -1.11. The van der Waals surface area contributed by atoms with Crippen molar-refractivity contribution in [2.24, 2.45) is 0 Å². The fourth-order valence-corrected chi connectivity index (χ4v) is 2.14. The van der Waals surface area contributed by atoms with Crippen LogP contribution in [0.15, 0.2) is 57.7 Å². The van der Waals surface area contributed by atoms with E-state index < -0.39 is 5.97 Å². The van der Waals surface area contributed by atoms with E-state index in [9.17, 15) is 14.0 Å². The first kappa shape index (κ1) is 14.7. The summed E-state index contributed by atoms with van der Waals surface area (Å²) >= 11 is 0. The average Bonchev–Trinajstić information content (AvgIpc) is 2.54. The predicted molar refractivity (Wildman–Crippen MR) is 84.8 cm³/mol. The second-order valence-corrected chi connectivity index (χ2v) is 4.91. The van der Waals surface area contributed by atoms with Crippen LogP contribution in [-0.4, -0.2) is 11.1 Å². The van der Waals surface area contributed by atoms with Gasteiger partial charge >= 0.3 is 5.97 Å². The Bertz CT molecular complexity index is 968.